The quantitative estimate of drug-likeness (QED) is 0.122. The first-order valence-corrected chi connectivity index (χ1v) is 22.3. The summed E-state index contributed by atoms with van der Waals surface area (Å²) < 4.78 is 6.55. The second-order valence-electron chi connectivity index (χ2n) is 15.8. The third kappa shape index (κ3) is 4.70. The molecule has 0 saturated heterocycles. The minimum Gasteiger partial charge on any atom is -0.455 e. The average molecular weight is 755 g/mol. The molecule has 0 fully saturated rings. The van der Waals surface area contributed by atoms with Gasteiger partial charge in [-0.3, -0.25) is 0 Å². The van der Waals surface area contributed by atoms with Crippen LogP contribution in [0.5, 0.6) is 0 Å². The molecule has 2 heteroatoms. The third-order valence-corrected chi connectivity index (χ3v) is 17.9. The van der Waals surface area contributed by atoms with Gasteiger partial charge in [-0.1, -0.05) is 206 Å². The summed E-state index contributed by atoms with van der Waals surface area (Å²) in [5, 5.41) is 7.97. The monoisotopic (exact) mass is 754 g/mol. The zero-order valence-corrected chi connectivity index (χ0v) is 32.8. The van der Waals surface area contributed by atoms with Gasteiger partial charge >= 0.3 is 0 Å². The van der Waals surface area contributed by atoms with Gasteiger partial charge < -0.3 is 4.42 Å². The summed E-state index contributed by atoms with van der Waals surface area (Å²) in [5.41, 5.74) is 15.3. The fourth-order valence-electron chi connectivity index (χ4n) is 10.7. The first kappa shape index (κ1) is 33.2. The van der Waals surface area contributed by atoms with Crippen LogP contribution in [0.2, 0.25) is 0 Å². The van der Waals surface area contributed by atoms with Crippen molar-refractivity contribution in [1.29, 1.82) is 0 Å². The molecule has 3 aliphatic rings. The van der Waals surface area contributed by atoms with Gasteiger partial charge in [0.05, 0.1) is 0 Å². The number of para-hydroxylation sites is 2. The lowest BCUT2D eigenvalue weighted by atomic mass is 9.60. The predicted octanol–water partition coefficient (Wildman–Crippen LogP) is 11.3. The van der Waals surface area contributed by atoms with Crippen LogP contribution in [0.1, 0.15) is 45.2 Å². The maximum Gasteiger partial charge on any atom is 0.179 e. The molecule has 0 N–H and O–H groups in total. The molecule has 3 aliphatic carbocycles. The highest BCUT2D eigenvalue weighted by atomic mass is 28.3. The molecule has 58 heavy (non-hydrogen) atoms. The van der Waals surface area contributed by atoms with Gasteiger partial charge in [0.1, 0.15) is 11.2 Å². The molecule has 13 rings (SSSR count). The lowest BCUT2D eigenvalue weighted by Gasteiger charge is -2.47. The Morgan fingerprint density at radius 2 is 0.828 bits per heavy atom. The van der Waals surface area contributed by atoms with Crippen molar-refractivity contribution in [2.45, 2.75) is 11.8 Å². The molecule has 1 aromatic heterocycles. The van der Waals surface area contributed by atoms with E-state index in [1.807, 2.05) is 6.07 Å². The Labute approximate surface area is 339 Å². The van der Waals surface area contributed by atoms with Crippen LogP contribution in [0.25, 0.3) is 44.2 Å². The van der Waals surface area contributed by atoms with Crippen LogP contribution in [0.15, 0.2) is 223 Å². The number of fused-ring (bicyclic) bond motifs is 3. The minimum atomic E-state index is -2.86. The van der Waals surface area contributed by atoms with Gasteiger partial charge in [-0.15, -0.1) is 0 Å². The molecule has 0 radical (unpaired) electrons. The van der Waals surface area contributed by atoms with E-state index in [1.165, 1.54) is 65.3 Å². The van der Waals surface area contributed by atoms with Crippen molar-refractivity contribution in [2.24, 2.45) is 0 Å². The largest absolute Gasteiger partial charge is 0.455 e. The zero-order valence-electron chi connectivity index (χ0n) is 31.8. The van der Waals surface area contributed by atoms with Gasteiger partial charge in [0.15, 0.2) is 8.07 Å². The highest BCUT2D eigenvalue weighted by molar-refractivity contribution is 7.20. The summed E-state index contributed by atoms with van der Waals surface area (Å²) in [5.74, 6) is 0.191. The SMILES string of the molecule is c1ccc([Si](c2ccccc2)(c2ccccc2)c2cccc3c2C2c4ccccc4C3c3cccc(-c4cccc(-c5cccc6c5oc5ccccc56)c4)c32)cc1. The molecule has 0 saturated carbocycles. The number of hydrogen-bond acceptors (Lipinski definition) is 1. The first-order chi connectivity index (χ1) is 28.8. The van der Waals surface area contributed by atoms with Crippen LogP contribution >= 0.6 is 0 Å². The summed E-state index contributed by atoms with van der Waals surface area (Å²) >= 11 is 0. The Balaban J connectivity index is 1.13. The van der Waals surface area contributed by atoms with E-state index in [4.69, 9.17) is 4.42 Å². The fourth-order valence-corrected chi connectivity index (χ4v) is 15.8. The van der Waals surface area contributed by atoms with Crippen molar-refractivity contribution in [3.8, 4) is 22.3 Å². The maximum atomic E-state index is 6.55. The maximum absolute atomic E-state index is 6.55. The van der Waals surface area contributed by atoms with E-state index in [9.17, 15) is 0 Å². The van der Waals surface area contributed by atoms with Crippen LogP contribution in [0.3, 0.4) is 0 Å². The molecule has 2 atom stereocenters. The van der Waals surface area contributed by atoms with Crippen LogP contribution in [-0.2, 0) is 0 Å². The van der Waals surface area contributed by atoms with E-state index in [2.05, 4.69) is 212 Å². The van der Waals surface area contributed by atoms with Gasteiger partial charge in [0.25, 0.3) is 0 Å². The number of benzene rings is 9. The van der Waals surface area contributed by atoms with Crippen LogP contribution < -0.4 is 20.7 Å². The number of furan rings is 1. The Kier molecular flexibility index (Phi) is 7.45. The molecule has 0 amide bonds. The average Bonchev–Trinajstić information content (AvgIpc) is 3.69. The molecular formula is C56H38OSi. The topological polar surface area (TPSA) is 13.1 Å². The number of rotatable bonds is 6. The van der Waals surface area contributed by atoms with Gasteiger partial charge in [0.2, 0.25) is 0 Å². The second kappa shape index (κ2) is 13.0. The van der Waals surface area contributed by atoms with Crippen molar-refractivity contribution in [2.75, 3.05) is 0 Å². The van der Waals surface area contributed by atoms with Crippen molar-refractivity contribution < 1.29 is 4.42 Å². The lowest BCUT2D eigenvalue weighted by Crippen LogP contribution is -2.75. The normalized spacial score (nSPS) is 15.2. The van der Waals surface area contributed by atoms with Crippen molar-refractivity contribution in [3.63, 3.8) is 0 Å². The highest BCUT2D eigenvalue weighted by Gasteiger charge is 2.49. The molecule has 10 aromatic rings. The van der Waals surface area contributed by atoms with Crippen LogP contribution in [0, 0.1) is 0 Å². The van der Waals surface area contributed by atoms with E-state index in [0.29, 0.717) is 0 Å². The minimum absolute atomic E-state index is 0.0593. The van der Waals surface area contributed by atoms with Crippen LogP contribution in [-0.4, -0.2) is 8.07 Å². The lowest BCUT2D eigenvalue weighted by molar-refractivity contribution is 0.670. The Morgan fingerprint density at radius 3 is 1.52 bits per heavy atom. The highest BCUT2D eigenvalue weighted by Crippen LogP contribution is 2.57. The summed E-state index contributed by atoms with van der Waals surface area (Å²) in [4.78, 5) is 0. The van der Waals surface area contributed by atoms with E-state index >= 15 is 0 Å². The molecule has 9 aromatic carbocycles. The summed E-state index contributed by atoms with van der Waals surface area (Å²) in [6.45, 7) is 0. The van der Waals surface area contributed by atoms with Gasteiger partial charge in [-0.25, -0.2) is 0 Å². The van der Waals surface area contributed by atoms with Gasteiger partial charge in [0, 0.05) is 28.2 Å². The first-order valence-electron chi connectivity index (χ1n) is 20.3. The van der Waals surface area contributed by atoms with Gasteiger partial charge in [-0.2, -0.15) is 0 Å². The molecule has 1 nitrogen and oxygen atoms in total. The molecule has 0 aliphatic heterocycles. The Morgan fingerprint density at radius 1 is 0.345 bits per heavy atom. The molecule has 272 valence electrons. The summed E-state index contributed by atoms with van der Waals surface area (Å²) in [7, 11) is -2.86. The van der Waals surface area contributed by atoms with E-state index < -0.39 is 8.07 Å². The molecular weight excluding hydrogens is 717 g/mol. The molecule has 0 spiro atoms. The van der Waals surface area contributed by atoms with Crippen molar-refractivity contribution in [3.05, 3.63) is 252 Å². The van der Waals surface area contributed by atoms with Gasteiger partial charge in [-0.05, 0) is 83.0 Å². The second-order valence-corrected chi connectivity index (χ2v) is 19.6. The number of hydrogen-bond donors (Lipinski definition) is 0. The third-order valence-electron chi connectivity index (χ3n) is 13.0. The molecule has 2 unspecified atom stereocenters. The summed E-state index contributed by atoms with van der Waals surface area (Å²) in [6.07, 6.45) is 0. The Bertz CT molecular complexity index is 3080. The smallest absolute Gasteiger partial charge is 0.179 e. The standard InChI is InChI=1S/C56H38OSi/c1-4-20-39(21-5-1)58(40-22-6-2-7-23-40,41-24-8-3-9-25-41)51-35-17-33-49-52-45-27-10-11-28-46(45)55(54(49)51)53-42(29-15-32-48(52)53)37-18-14-19-38(36-37)43-30-16-31-47-44-26-12-13-34-50(44)57-56(43)47/h1-36,52,55H. The summed E-state index contributed by atoms with van der Waals surface area (Å²) in [6, 6.07) is 81.7. The predicted molar refractivity (Wildman–Crippen MR) is 243 cm³/mol. The molecule has 1 heterocycles. The van der Waals surface area contributed by atoms with E-state index in [0.717, 1.165) is 33.1 Å². The Hall–Kier alpha value is -7.00. The molecule has 2 bridgehead atoms. The fraction of sp³-hybridized carbons (Fsp3) is 0.0357. The van der Waals surface area contributed by atoms with E-state index in [1.54, 1.807) is 0 Å². The van der Waals surface area contributed by atoms with Crippen LogP contribution in [0.4, 0.5) is 0 Å². The van der Waals surface area contributed by atoms with E-state index in [-0.39, 0.29) is 11.8 Å². The van der Waals surface area contributed by atoms with Crippen molar-refractivity contribution >= 4 is 50.8 Å². The van der Waals surface area contributed by atoms with Crippen molar-refractivity contribution in [1.82, 2.24) is 0 Å². The zero-order chi connectivity index (χ0) is 38.2.